The SMILES string of the molecule is CCCN(CCCCCCNCCOc1ccccc1[N+](=O)[O-])[C@H]1CCc2c(ccc(O)c2O)C1.Cl.Cl. The smallest absolute Gasteiger partial charge is 0.310 e. The summed E-state index contributed by atoms with van der Waals surface area (Å²) in [5.41, 5.74) is 2.08. The predicted molar refractivity (Wildman–Crippen MR) is 152 cm³/mol. The summed E-state index contributed by atoms with van der Waals surface area (Å²) < 4.78 is 5.55. The fraction of sp³-hybridized carbons (Fsp3) is 0.556. The second-order valence-electron chi connectivity index (χ2n) is 9.24. The average molecular weight is 559 g/mol. The Morgan fingerprint density at radius 1 is 1.05 bits per heavy atom. The van der Waals surface area contributed by atoms with Gasteiger partial charge in [-0.25, -0.2) is 0 Å². The quantitative estimate of drug-likeness (QED) is 0.112. The van der Waals surface area contributed by atoms with Crippen molar-refractivity contribution in [1.82, 2.24) is 10.2 Å². The molecule has 0 heterocycles. The Morgan fingerprint density at radius 3 is 2.57 bits per heavy atom. The Kier molecular flexibility index (Phi) is 15.3. The highest BCUT2D eigenvalue weighted by Gasteiger charge is 2.26. The van der Waals surface area contributed by atoms with Crippen molar-refractivity contribution >= 4 is 30.5 Å². The molecular formula is C27H41Cl2N3O5. The van der Waals surface area contributed by atoms with Gasteiger partial charge in [0.1, 0.15) is 6.61 Å². The van der Waals surface area contributed by atoms with Gasteiger partial charge in [-0.05, 0) is 75.9 Å². The number of hydrogen-bond acceptors (Lipinski definition) is 7. The minimum absolute atomic E-state index is 0. The molecular weight excluding hydrogens is 517 g/mol. The van der Waals surface area contributed by atoms with Gasteiger partial charge in [-0.1, -0.05) is 38.0 Å². The van der Waals surface area contributed by atoms with Crippen molar-refractivity contribution in [1.29, 1.82) is 0 Å². The lowest BCUT2D eigenvalue weighted by atomic mass is 9.86. The number of fused-ring (bicyclic) bond motifs is 1. The van der Waals surface area contributed by atoms with Crippen molar-refractivity contribution in [3.8, 4) is 17.2 Å². The minimum Gasteiger partial charge on any atom is -0.504 e. The number of halogens is 2. The van der Waals surface area contributed by atoms with Crippen LogP contribution in [-0.4, -0.2) is 58.9 Å². The molecule has 10 heteroatoms. The van der Waals surface area contributed by atoms with Gasteiger partial charge in [0.15, 0.2) is 17.2 Å². The molecule has 2 aromatic carbocycles. The molecule has 1 aliphatic rings. The third-order valence-corrected chi connectivity index (χ3v) is 6.72. The van der Waals surface area contributed by atoms with Gasteiger partial charge in [-0.3, -0.25) is 10.1 Å². The summed E-state index contributed by atoms with van der Waals surface area (Å²) in [6, 6.07) is 10.5. The average Bonchev–Trinajstić information content (AvgIpc) is 2.86. The monoisotopic (exact) mass is 557 g/mol. The van der Waals surface area contributed by atoms with Crippen LogP contribution in [0, 0.1) is 10.1 Å². The van der Waals surface area contributed by atoms with Gasteiger partial charge in [0.25, 0.3) is 0 Å². The van der Waals surface area contributed by atoms with Gasteiger partial charge in [0.05, 0.1) is 4.92 Å². The molecule has 0 fully saturated rings. The number of benzene rings is 2. The number of unbranched alkanes of at least 4 members (excludes halogenated alkanes) is 3. The minimum atomic E-state index is -0.423. The van der Waals surface area contributed by atoms with Crippen molar-refractivity contribution in [2.75, 3.05) is 32.8 Å². The molecule has 0 radical (unpaired) electrons. The van der Waals surface area contributed by atoms with E-state index in [1.165, 1.54) is 25.3 Å². The molecule has 1 atom stereocenters. The van der Waals surface area contributed by atoms with Crippen LogP contribution in [0.1, 0.15) is 56.6 Å². The molecule has 0 saturated heterocycles. The topological polar surface area (TPSA) is 108 Å². The van der Waals surface area contributed by atoms with E-state index in [2.05, 4.69) is 17.1 Å². The first-order chi connectivity index (χ1) is 17.0. The summed E-state index contributed by atoms with van der Waals surface area (Å²) in [7, 11) is 0. The van der Waals surface area contributed by atoms with Crippen LogP contribution in [0.15, 0.2) is 36.4 Å². The second-order valence-corrected chi connectivity index (χ2v) is 9.24. The van der Waals surface area contributed by atoms with Crippen LogP contribution in [0.25, 0.3) is 0 Å². The Bertz CT molecular complexity index is 964. The van der Waals surface area contributed by atoms with Crippen LogP contribution in [0.3, 0.4) is 0 Å². The number of phenolic OH excluding ortho intramolecular Hbond substituents is 2. The number of ether oxygens (including phenoxy) is 1. The highest BCUT2D eigenvalue weighted by Crippen LogP contribution is 2.36. The zero-order chi connectivity index (χ0) is 25.0. The van der Waals surface area contributed by atoms with Crippen molar-refractivity contribution in [3.63, 3.8) is 0 Å². The lowest BCUT2D eigenvalue weighted by molar-refractivity contribution is -0.385. The number of hydrogen-bond donors (Lipinski definition) is 3. The normalized spacial score (nSPS) is 14.4. The third-order valence-electron chi connectivity index (χ3n) is 6.72. The number of para-hydroxylation sites is 2. The number of nitro groups is 1. The molecule has 0 unspecified atom stereocenters. The Labute approximate surface area is 232 Å². The lowest BCUT2D eigenvalue weighted by Gasteiger charge is -2.35. The summed E-state index contributed by atoms with van der Waals surface area (Å²) in [4.78, 5) is 13.2. The maximum Gasteiger partial charge on any atom is 0.310 e. The van der Waals surface area contributed by atoms with Crippen molar-refractivity contribution < 1.29 is 19.9 Å². The molecule has 0 amide bonds. The van der Waals surface area contributed by atoms with Crippen LogP contribution >= 0.6 is 24.8 Å². The van der Waals surface area contributed by atoms with Gasteiger partial charge in [0.2, 0.25) is 0 Å². The first-order valence-corrected chi connectivity index (χ1v) is 12.8. The molecule has 3 N–H and O–H groups in total. The van der Waals surface area contributed by atoms with E-state index < -0.39 is 4.92 Å². The number of rotatable bonds is 15. The molecule has 0 aromatic heterocycles. The van der Waals surface area contributed by atoms with Crippen LogP contribution in [-0.2, 0) is 12.8 Å². The molecule has 0 saturated carbocycles. The van der Waals surface area contributed by atoms with Gasteiger partial charge >= 0.3 is 5.69 Å². The summed E-state index contributed by atoms with van der Waals surface area (Å²) in [5.74, 6) is 0.353. The Hall–Kier alpha value is -2.26. The van der Waals surface area contributed by atoms with Crippen LogP contribution < -0.4 is 10.1 Å². The molecule has 1 aliphatic carbocycles. The number of nitrogens with one attached hydrogen (secondary N) is 1. The van der Waals surface area contributed by atoms with Crippen molar-refractivity contribution in [3.05, 3.63) is 57.6 Å². The van der Waals surface area contributed by atoms with Gasteiger partial charge in [-0.15, -0.1) is 24.8 Å². The van der Waals surface area contributed by atoms with E-state index in [-0.39, 0.29) is 42.0 Å². The number of nitrogens with zero attached hydrogens (tertiary/aromatic N) is 2. The van der Waals surface area contributed by atoms with E-state index in [0.717, 1.165) is 62.9 Å². The molecule has 8 nitrogen and oxygen atoms in total. The van der Waals surface area contributed by atoms with E-state index in [9.17, 15) is 20.3 Å². The number of phenols is 2. The fourth-order valence-corrected chi connectivity index (χ4v) is 4.89. The Balaban J connectivity index is 0.00000342. The first kappa shape index (κ1) is 32.8. The van der Waals surface area contributed by atoms with E-state index in [4.69, 9.17) is 4.74 Å². The highest BCUT2D eigenvalue weighted by atomic mass is 35.5. The Morgan fingerprint density at radius 2 is 1.81 bits per heavy atom. The fourth-order valence-electron chi connectivity index (χ4n) is 4.89. The molecule has 0 spiro atoms. The van der Waals surface area contributed by atoms with Gasteiger partial charge < -0.3 is 25.2 Å². The predicted octanol–water partition coefficient (Wildman–Crippen LogP) is 5.65. The van der Waals surface area contributed by atoms with E-state index in [1.54, 1.807) is 24.3 Å². The van der Waals surface area contributed by atoms with E-state index in [1.807, 2.05) is 6.07 Å². The zero-order valence-corrected chi connectivity index (χ0v) is 23.2. The van der Waals surface area contributed by atoms with Crippen LogP contribution in [0.2, 0.25) is 0 Å². The van der Waals surface area contributed by atoms with Crippen LogP contribution in [0.5, 0.6) is 17.2 Å². The molecule has 3 rings (SSSR count). The third kappa shape index (κ3) is 9.85. The van der Waals surface area contributed by atoms with Gasteiger partial charge in [0, 0.05) is 24.2 Å². The molecule has 0 aliphatic heterocycles. The first-order valence-electron chi connectivity index (χ1n) is 12.8. The standard InChI is InChI=1S/C27H39N3O5.2ClH/c1-2-17-29(22-12-13-23-21(20-22)11-14-25(31)27(23)32)18-8-4-3-7-15-28-16-19-35-26-10-6-5-9-24(26)30(33)34;;/h5-6,9-11,14,22,28,31-32H,2-4,7-8,12-13,15-20H2,1H3;2*1H/t22-;;/m0../s1. The summed E-state index contributed by atoms with van der Waals surface area (Å²) in [6.45, 7) is 6.37. The summed E-state index contributed by atoms with van der Waals surface area (Å²) >= 11 is 0. The van der Waals surface area contributed by atoms with Crippen molar-refractivity contribution in [2.45, 2.75) is 64.3 Å². The molecule has 2 aromatic rings. The number of aromatic hydroxyl groups is 2. The zero-order valence-electron chi connectivity index (χ0n) is 21.6. The van der Waals surface area contributed by atoms with Crippen LogP contribution in [0.4, 0.5) is 5.69 Å². The molecule has 37 heavy (non-hydrogen) atoms. The number of nitro benzene ring substituents is 1. The largest absolute Gasteiger partial charge is 0.504 e. The summed E-state index contributed by atoms with van der Waals surface area (Å²) in [5, 5.41) is 34.3. The van der Waals surface area contributed by atoms with E-state index >= 15 is 0 Å². The molecule has 0 bridgehead atoms. The van der Waals surface area contributed by atoms with E-state index in [0.29, 0.717) is 24.9 Å². The molecule has 208 valence electrons. The lowest BCUT2D eigenvalue weighted by Crippen LogP contribution is -2.40. The highest BCUT2D eigenvalue weighted by molar-refractivity contribution is 5.85. The maximum atomic E-state index is 11.0. The maximum absolute atomic E-state index is 11.0. The second kappa shape index (κ2) is 17.3. The van der Waals surface area contributed by atoms with Crippen molar-refractivity contribution in [2.24, 2.45) is 0 Å². The van der Waals surface area contributed by atoms with Gasteiger partial charge in [-0.2, -0.15) is 0 Å². The summed E-state index contributed by atoms with van der Waals surface area (Å²) in [6.07, 6.45) is 8.51.